The summed E-state index contributed by atoms with van der Waals surface area (Å²) in [6.07, 6.45) is 2.74. The maximum Gasteiger partial charge on any atom is 0.0950 e. The molecule has 2 unspecified atom stereocenters. The van der Waals surface area contributed by atoms with Gasteiger partial charge in [-0.05, 0) is 43.1 Å². The van der Waals surface area contributed by atoms with Crippen molar-refractivity contribution in [3.8, 4) is 11.3 Å². The fourth-order valence-corrected chi connectivity index (χ4v) is 3.76. The van der Waals surface area contributed by atoms with Crippen LogP contribution in [0.5, 0.6) is 0 Å². The lowest BCUT2D eigenvalue weighted by molar-refractivity contribution is 0.115. The van der Waals surface area contributed by atoms with E-state index in [2.05, 4.69) is 5.32 Å². The molecule has 2 N–H and O–H groups in total. The second-order valence-electron chi connectivity index (χ2n) is 6.63. The quantitative estimate of drug-likeness (QED) is 0.716. The van der Waals surface area contributed by atoms with Crippen LogP contribution in [0.2, 0.25) is 5.02 Å². The van der Waals surface area contributed by atoms with Crippen LogP contribution in [0, 0.1) is 0 Å². The van der Waals surface area contributed by atoms with E-state index in [0.717, 1.165) is 47.1 Å². The molecular weight excluding hydrogens is 332 g/mol. The zero-order chi connectivity index (χ0) is 17.2. The summed E-state index contributed by atoms with van der Waals surface area (Å²) >= 11 is 6.18. The average molecular weight is 353 g/mol. The summed E-state index contributed by atoms with van der Waals surface area (Å²) in [6.45, 7) is 0.960. The van der Waals surface area contributed by atoms with Gasteiger partial charge in [0.05, 0.1) is 17.3 Å². The summed E-state index contributed by atoms with van der Waals surface area (Å²) in [7, 11) is 0. The van der Waals surface area contributed by atoms with Gasteiger partial charge in [0, 0.05) is 22.0 Å². The zero-order valence-electron chi connectivity index (χ0n) is 14.0. The summed E-state index contributed by atoms with van der Waals surface area (Å²) < 4.78 is 0. The van der Waals surface area contributed by atoms with Crippen molar-refractivity contribution in [2.24, 2.45) is 0 Å². The second-order valence-corrected chi connectivity index (χ2v) is 7.06. The monoisotopic (exact) mass is 352 g/mol. The molecule has 0 amide bonds. The van der Waals surface area contributed by atoms with E-state index in [4.69, 9.17) is 16.6 Å². The molecule has 2 heterocycles. The van der Waals surface area contributed by atoms with Gasteiger partial charge in [-0.25, -0.2) is 4.98 Å². The molecule has 0 spiro atoms. The first-order chi connectivity index (χ1) is 12.2. The molecule has 1 aromatic heterocycles. The largest absolute Gasteiger partial charge is 0.387 e. The highest BCUT2D eigenvalue weighted by molar-refractivity contribution is 6.31. The number of aliphatic hydroxyl groups is 1. The Balaban J connectivity index is 1.85. The highest BCUT2D eigenvalue weighted by atomic mass is 35.5. The third-order valence-electron chi connectivity index (χ3n) is 4.92. The van der Waals surface area contributed by atoms with Crippen LogP contribution in [0.3, 0.4) is 0 Å². The van der Waals surface area contributed by atoms with E-state index < -0.39 is 6.10 Å². The van der Waals surface area contributed by atoms with E-state index in [-0.39, 0.29) is 6.04 Å². The van der Waals surface area contributed by atoms with E-state index in [0.29, 0.717) is 5.02 Å². The molecule has 1 aliphatic rings. The Hall–Kier alpha value is -1.94. The SMILES string of the molecule is OC(c1cc(-c2ccccc2)nc2cc(Cl)ccc12)C1CCCCN1. The van der Waals surface area contributed by atoms with Gasteiger partial charge >= 0.3 is 0 Å². The fraction of sp³-hybridized carbons (Fsp3) is 0.286. The standard InChI is InChI=1S/C21H21ClN2O/c22-15-9-10-16-17(21(25)18-8-4-5-11-23-18)13-19(24-20(16)12-15)14-6-2-1-3-7-14/h1-3,6-7,9-10,12-13,18,21,23,25H,4-5,8,11H2. The fourth-order valence-electron chi connectivity index (χ4n) is 3.60. The molecule has 4 heteroatoms. The van der Waals surface area contributed by atoms with Crippen molar-refractivity contribution in [1.82, 2.24) is 10.3 Å². The number of rotatable bonds is 3. The van der Waals surface area contributed by atoms with E-state index in [9.17, 15) is 5.11 Å². The van der Waals surface area contributed by atoms with Crippen LogP contribution >= 0.6 is 11.6 Å². The Bertz CT molecular complexity index is 876. The molecule has 128 valence electrons. The second kappa shape index (κ2) is 7.12. The highest BCUT2D eigenvalue weighted by Gasteiger charge is 2.25. The van der Waals surface area contributed by atoms with Crippen LogP contribution in [0.1, 0.15) is 30.9 Å². The van der Waals surface area contributed by atoms with Crippen LogP contribution in [0.4, 0.5) is 0 Å². The number of nitrogens with zero attached hydrogens (tertiary/aromatic N) is 1. The van der Waals surface area contributed by atoms with Crippen LogP contribution in [-0.4, -0.2) is 22.7 Å². The lowest BCUT2D eigenvalue weighted by Crippen LogP contribution is -2.38. The number of piperidine rings is 1. The van der Waals surface area contributed by atoms with Crippen LogP contribution in [0.25, 0.3) is 22.2 Å². The van der Waals surface area contributed by atoms with E-state index in [1.807, 2.05) is 54.6 Å². The van der Waals surface area contributed by atoms with E-state index in [1.165, 1.54) is 6.42 Å². The molecular formula is C21H21ClN2O. The van der Waals surface area contributed by atoms with Crippen molar-refractivity contribution in [2.45, 2.75) is 31.4 Å². The van der Waals surface area contributed by atoms with Gasteiger partial charge < -0.3 is 10.4 Å². The maximum absolute atomic E-state index is 11.1. The number of fused-ring (bicyclic) bond motifs is 1. The van der Waals surface area contributed by atoms with Gasteiger partial charge in [0.2, 0.25) is 0 Å². The third kappa shape index (κ3) is 3.40. The lowest BCUT2D eigenvalue weighted by Gasteiger charge is -2.29. The Labute approximate surface area is 152 Å². The van der Waals surface area contributed by atoms with Crippen molar-refractivity contribution in [1.29, 1.82) is 0 Å². The molecule has 3 aromatic rings. The molecule has 25 heavy (non-hydrogen) atoms. The average Bonchev–Trinajstić information content (AvgIpc) is 2.67. The Morgan fingerprint density at radius 3 is 2.68 bits per heavy atom. The number of nitrogens with one attached hydrogen (secondary N) is 1. The maximum atomic E-state index is 11.1. The van der Waals surface area contributed by atoms with Crippen molar-refractivity contribution in [3.05, 3.63) is 65.2 Å². The number of aromatic nitrogens is 1. The van der Waals surface area contributed by atoms with Crippen molar-refractivity contribution >= 4 is 22.5 Å². The van der Waals surface area contributed by atoms with Gasteiger partial charge in [0.1, 0.15) is 0 Å². The van der Waals surface area contributed by atoms with Crippen molar-refractivity contribution < 1.29 is 5.11 Å². The number of halogens is 1. The number of hydrogen-bond acceptors (Lipinski definition) is 3. The zero-order valence-corrected chi connectivity index (χ0v) is 14.7. The first-order valence-electron chi connectivity index (χ1n) is 8.79. The van der Waals surface area contributed by atoms with Crippen molar-refractivity contribution in [2.75, 3.05) is 6.54 Å². The molecule has 0 aliphatic carbocycles. The number of hydrogen-bond donors (Lipinski definition) is 2. The topological polar surface area (TPSA) is 45.2 Å². The van der Waals surface area contributed by atoms with E-state index in [1.54, 1.807) is 0 Å². The number of benzene rings is 2. The van der Waals surface area contributed by atoms with E-state index >= 15 is 0 Å². The van der Waals surface area contributed by atoms with Crippen LogP contribution in [0.15, 0.2) is 54.6 Å². The minimum absolute atomic E-state index is 0.0821. The molecule has 2 atom stereocenters. The molecule has 3 nitrogen and oxygen atoms in total. The first kappa shape index (κ1) is 16.5. The summed E-state index contributed by atoms with van der Waals surface area (Å²) in [5, 5.41) is 16.1. The molecule has 4 rings (SSSR count). The lowest BCUT2D eigenvalue weighted by atomic mass is 9.92. The number of pyridine rings is 1. The van der Waals surface area contributed by atoms with Gasteiger partial charge in [-0.15, -0.1) is 0 Å². The third-order valence-corrected chi connectivity index (χ3v) is 5.16. The molecule has 1 saturated heterocycles. The van der Waals surface area contributed by atoms with Gasteiger partial charge in [-0.3, -0.25) is 0 Å². The summed E-state index contributed by atoms with van der Waals surface area (Å²) in [4.78, 5) is 4.78. The van der Waals surface area contributed by atoms with Gasteiger partial charge in [0.25, 0.3) is 0 Å². The summed E-state index contributed by atoms with van der Waals surface area (Å²) in [6, 6.07) is 17.8. The van der Waals surface area contributed by atoms with Gasteiger partial charge in [-0.1, -0.05) is 54.4 Å². The summed E-state index contributed by atoms with van der Waals surface area (Å²) in [5.74, 6) is 0. The van der Waals surface area contributed by atoms with Crippen LogP contribution < -0.4 is 5.32 Å². The Morgan fingerprint density at radius 2 is 1.92 bits per heavy atom. The molecule has 1 aliphatic heterocycles. The minimum Gasteiger partial charge on any atom is -0.387 e. The smallest absolute Gasteiger partial charge is 0.0950 e. The van der Waals surface area contributed by atoms with Gasteiger partial charge in [0.15, 0.2) is 0 Å². The molecule has 0 bridgehead atoms. The Morgan fingerprint density at radius 1 is 1.08 bits per heavy atom. The number of aliphatic hydroxyl groups excluding tert-OH is 1. The predicted octanol–water partition coefficient (Wildman–Crippen LogP) is 4.73. The minimum atomic E-state index is -0.561. The molecule has 0 saturated carbocycles. The normalized spacial score (nSPS) is 19.0. The Kier molecular flexibility index (Phi) is 4.71. The highest BCUT2D eigenvalue weighted by Crippen LogP contribution is 2.33. The van der Waals surface area contributed by atoms with Crippen LogP contribution in [-0.2, 0) is 0 Å². The predicted molar refractivity (Wildman–Crippen MR) is 103 cm³/mol. The molecule has 0 radical (unpaired) electrons. The molecule has 2 aromatic carbocycles. The van der Waals surface area contributed by atoms with Crippen molar-refractivity contribution in [3.63, 3.8) is 0 Å². The molecule has 1 fully saturated rings. The van der Waals surface area contributed by atoms with Gasteiger partial charge in [-0.2, -0.15) is 0 Å². The summed E-state index contributed by atoms with van der Waals surface area (Å²) in [5.41, 5.74) is 3.63. The first-order valence-corrected chi connectivity index (χ1v) is 9.17.